The molecule has 0 radical (unpaired) electrons. The van der Waals surface area contributed by atoms with Crippen LogP contribution in [-0.2, 0) is 10.0 Å². The van der Waals surface area contributed by atoms with Gasteiger partial charge < -0.3 is 5.32 Å². The van der Waals surface area contributed by atoms with Crippen molar-refractivity contribution in [1.29, 1.82) is 0 Å². The van der Waals surface area contributed by atoms with Crippen LogP contribution in [0.3, 0.4) is 0 Å². The number of nitrogens with two attached hydrogens (primary N) is 1. The zero-order valence-electron chi connectivity index (χ0n) is 9.16. The normalized spacial score (nSPS) is 11.2. The maximum Gasteiger partial charge on any atom is 0.267 e. The molecule has 5 nitrogen and oxygen atoms in total. The minimum absolute atomic E-state index is 0.0846. The number of thiophene rings is 1. The fourth-order valence-electron chi connectivity index (χ4n) is 1.40. The van der Waals surface area contributed by atoms with Crippen molar-refractivity contribution in [3.63, 3.8) is 0 Å². The number of nitrogens with one attached hydrogen (secondary N) is 1. The van der Waals surface area contributed by atoms with Crippen LogP contribution in [0.1, 0.15) is 9.67 Å². The number of carbonyl (C=O) groups excluding carboxylic acids is 1. The lowest BCUT2D eigenvalue weighted by molar-refractivity contribution is 0.102. The molecule has 2 aromatic rings. The Kier molecular flexibility index (Phi) is 3.46. The molecule has 0 saturated carbocycles. The summed E-state index contributed by atoms with van der Waals surface area (Å²) in [7, 11) is -3.88. The first-order valence-electron chi connectivity index (χ1n) is 4.95. The minimum Gasteiger partial charge on any atom is -0.321 e. The maximum atomic E-state index is 11.9. The molecule has 0 atom stereocenters. The van der Waals surface area contributed by atoms with Crippen LogP contribution in [0.4, 0.5) is 5.69 Å². The van der Waals surface area contributed by atoms with Gasteiger partial charge in [0.1, 0.15) is 9.77 Å². The lowest BCUT2D eigenvalue weighted by Crippen LogP contribution is -2.18. The van der Waals surface area contributed by atoms with Gasteiger partial charge in [-0.2, -0.15) is 0 Å². The summed E-state index contributed by atoms with van der Waals surface area (Å²) in [6.45, 7) is 0. The number of amides is 1. The van der Waals surface area contributed by atoms with E-state index in [0.29, 0.717) is 5.69 Å². The van der Waals surface area contributed by atoms with E-state index in [2.05, 4.69) is 5.32 Å². The molecule has 1 amide bonds. The molecule has 0 aliphatic heterocycles. The van der Waals surface area contributed by atoms with Crippen molar-refractivity contribution in [2.45, 2.75) is 4.90 Å². The van der Waals surface area contributed by atoms with Crippen LogP contribution in [0.2, 0.25) is 0 Å². The van der Waals surface area contributed by atoms with Crippen molar-refractivity contribution in [1.82, 2.24) is 0 Å². The topological polar surface area (TPSA) is 89.3 Å². The fourth-order valence-corrected chi connectivity index (χ4v) is 3.27. The predicted octanol–water partition coefficient (Wildman–Crippen LogP) is 1.65. The quantitative estimate of drug-likeness (QED) is 0.897. The second-order valence-electron chi connectivity index (χ2n) is 3.48. The number of carbonyl (C=O) groups is 1. The molecule has 2 rings (SSSR count). The van der Waals surface area contributed by atoms with Crippen molar-refractivity contribution in [2.75, 3.05) is 5.32 Å². The summed E-state index contributed by atoms with van der Waals surface area (Å²) in [6.07, 6.45) is 0. The van der Waals surface area contributed by atoms with E-state index in [1.165, 1.54) is 11.4 Å². The van der Waals surface area contributed by atoms with Crippen LogP contribution in [0.5, 0.6) is 0 Å². The van der Waals surface area contributed by atoms with Crippen molar-refractivity contribution < 1.29 is 13.2 Å². The zero-order valence-corrected chi connectivity index (χ0v) is 10.8. The predicted molar refractivity (Wildman–Crippen MR) is 70.1 cm³/mol. The van der Waals surface area contributed by atoms with E-state index in [0.717, 1.165) is 11.3 Å². The van der Waals surface area contributed by atoms with Crippen molar-refractivity contribution >= 4 is 33.0 Å². The number of benzene rings is 1. The molecule has 0 fully saturated rings. The molecule has 1 aromatic carbocycles. The van der Waals surface area contributed by atoms with E-state index < -0.39 is 15.9 Å². The Balaban J connectivity index is 2.28. The van der Waals surface area contributed by atoms with Gasteiger partial charge in [0.25, 0.3) is 5.91 Å². The second kappa shape index (κ2) is 4.89. The summed E-state index contributed by atoms with van der Waals surface area (Å²) in [5, 5.41) is 9.15. The summed E-state index contributed by atoms with van der Waals surface area (Å²) >= 11 is 1.03. The summed E-state index contributed by atoms with van der Waals surface area (Å²) < 4.78 is 22.6. The first kappa shape index (κ1) is 12.7. The van der Waals surface area contributed by atoms with Crippen molar-refractivity contribution in [3.05, 3.63) is 46.7 Å². The third kappa shape index (κ3) is 2.76. The molecule has 3 N–H and O–H groups in total. The molecule has 7 heteroatoms. The van der Waals surface area contributed by atoms with Crippen LogP contribution >= 0.6 is 11.3 Å². The average molecular weight is 282 g/mol. The highest BCUT2D eigenvalue weighted by Crippen LogP contribution is 2.22. The van der Waals surface area contributed by atoms with Crippen molar-refractivity contribution in [3.8, 4) is 0 Å². The van der Waals surface area contributed by atoms with Crippen LogP contribution in [-0.4, -0.2) is 14.3 Å². The molecule has 0 saturated heterocycles. The van der Waals surface area contributed by atoms with Gasteiger partial charge in [-0.05, 0) is 23.6 Å². The van der Waals surface area contributed by atoms with Gasteiger partial charge in [0.05, 0.1) is 0 Å². The third-order valence-corrected chi connectivity index (χ3v) is 4.17. The Bertz CT molecular complexity index is 663. The van der Waals surface area contributed by atoms with E-state index in [-0.39, 0.29) is 9.77 Å². The van der Waals surface area contributed by atoms with E-state index in [9.17, 15) is 13.2 Å². The number of hydrogen-bond donors (Lipinski definition) is 2. The smallest absolute Gasteiger partial charge is 0.267 e. The molecule has 1 aromatic heterocycles. The highest BCUT2D eigenvalue weighted by atomic mass is 32.2. The lowest BCUT2D eigenvalue weighted by Gasteiger charge is -2.04. The van der Waals surface area contributed by atoms with Crippen LogP contribution in [0.15, 0.2) is 46.7 Å². The molecule has 18 heavy (non-hydrogen) atoms. The highest BCUT2D eigenvalue weighted by Gasteiger charge is 2.20. The largest absolute Gasteiger partial charge is 0.321 e. The van der Waals surface area contributed by atoms with Gasteiger partial charge in [-0.25, -0.2) is 13.6 Å². The molecular weight excluding hydrogens is 272 g/mol. The first-order chi connectivity index (χ1) is 8.48. The number of hydrogen-bond acceptors (Lipinski definition) is 4. The van der Waals surface area contributed by atoms with Gasteiger partial charge in [-0.15, -0.1) is 11.3 Å². The van der Waals surface area contributed by atoms with Crippen LogP contribution < -0.4 is 10.5 Å². The van der Waals surface area contributed by atoms with E-state index in [1.807, 2.05) is 6.07 Å². The third-order valence-electron chi connectivity index (χ3n) is 2.17. The van der Waals surface area contributed by atoms with Gasteiger partial charge in [0.15, 0.2) is 0 Å². The molecule has 0 aliphatic carbocycles. The highest BCUT2D eigenvalue weighted by molar-refractivity contribution is 7.89. The Morgan fingerprint density at radius 1 is 1.17 bits per heavy atom. The number of sulfonamides is 1. The first-order valence-corrected chi connectivity index (χ1v) is 7.38. The number of anilines is 1. The summed E-state index contributed by atoms with van der Waals surface area (Å²) in [5.41, 5.74) is 0.594. The monoisotopic (exact) mass is 282 g/mol. The summed E-state index contributed by atoms with van der Waals surface area (Å²) in [6, 6.07) is 10.1. The Labute approximate surface area is 108 Å². The Hall–Kier alpha value is -1.70. The fraction of sp³-hybridized carbons (Fsp3) is 0. The number of para-hydroxylation sites is 1. The van der Waals surface area contributed by atoms with Gasteiger partial charge in [0.2, 0.25) is 10.0 Å². The molecule has 1 heterocycles. The van der Waals surface area contributed by atoms with Crippen LogP contribution in [0.25, 0.3) is 0 Å². The van der Waals surface area contributed by atoms with Gasteiger partial charge in [-0.1, -0.05) is 18.2 Å². The van der Waals surface area contributed by atoms with E-state index >= 15 is 0 Å². The van der Waals surface area contributed by atoms with Gasteiger partial charge in [-0.3, -0.25) is 4.79 Å². The molecule has 0 bridgehead atoms. The zero-order chi connectivity index (χ0) is 13.2. The molecule has 0 unspecified atom stereocenters. The van der Waals surface area contributed by atoms with E-state index in [4.69, 9.17) is 5.14 Å². The minimum atomic E-state index is -3.88. The van der Waals surface area contributed by atoms with E-state index in [1.54, 1.807) is 24.3 Å². The van der Waals surface area contributed by atoms with Crippen LogP contribution in [0, 0.1) is 0 Å². The standard InChI is InChI=1S/C11H10N2O3S2/c12-18(15,16)9-6-7-17-10(9)11(14)13-8-4-2-1-3-5-8/h1-7H,(H,13,14)(H2,12,15,16). The van der Waals surface area contributed by atoms with Gasteiger partial charge in [0, 0.05) is 5.69 Å². The van der Waals surface area contributed by atoms with Crippen molar-refractivity contribution in [2.24, 2.45) is 5.14 Å². The average Bonchev–Trinajstić information content (AvgIpc) is 2.79. The molecule has 0 aliphatic rings. The molecular formula is C11H10N2O3S2. The van der Waals surface area contributed by atoms with Gasteiger partial charge >= 0.3 is 0 Å². The second-order valence-corrected chi connectivity index (χ2v) is 5.93. The summed E-state index contributed by atoms with van der Waals surface area (Å²) in [4.78, 5) is 11.9. The number of primary sulfonamides is 1. The SMILES string of the molecule is NS(=O)(=O)c1ccsc1C(=O)Nc1ccccc1. The molecule has 94 valence electrons. The summed E-state index contributed by atoms with van der Waals surface area (Å²) in [5.74, 6) is -0.486. The molecule has 0 spiro atoms. The number of rotatable bonds is 3. The Morgan fingerprint density at radius 2 is 1.83 bits per heavy atom. The maximum absolute atomic E-state index is 11.9. The lowest BCUT2D eigenvalue weighted by atomic mass is 10.3. The Morgan fingerprint density at radius 3 is 2.44 bits per heavy atom.